The highest BCUT2D eigenvalue weighted by Gasteiger charge is 1.97. The second-order valence-corrected chi connectivity index (χ2v) is 11.2. The minimum absolute atomic E-state index is 0.0417. The van der Waals surface area contributed by atoms with Gasteiger partial charge in [-0.25, -0.2) is 0 Å². The Hall–Kier alpha value is 0.226. The van der Waals surface area contributed by atoms with Crippen LogP contribution in [0.5, 0.6) is 5.75 Å². The van der Waals surface area contributed by atoms with Gasteiger partial charge in [0.1, 0.15) is 5.75 Å². The van der Waals surface area contributed by atoms with Gasteiger partial charge in [-0.3, -0.25) is 25.8 Å². The lowest BCUT2D eigenvalue weighted by Crippen LogP contribution is -1.83. The van der Waals surface area contributed by atoms with E-state index in [1.54, 1.807) is 7.11 Å². The summed E-state index contributed by atoms with van der Waals surface area (Å²) in [5.74, 6) is 0.887. The molecular formula is C12H11Br2MgO. The van der Waals surface area contributed by atoms with E-state index >= 15 is 0 Å². The second kappa shape index (κ2) is 7.53. The minimum Gasteiger partial charge on any atom is -0.497 e. The second-order valence-electron chi connectivity index (χ2n) is 3.11. The molecule has 0 bridgehead atoms. The SMILES string of the molecule is [Br][Mg][Br].[CH2]c1cccc2cc(OC)ccc12. The van der Waals surface area contributed by atoms with Crippen LogP contribution < -0.4 is 4.74 Å². The molecule has 2 aromatic carbocycles. The summed E-state index contributed by atoms with van der Waals surface area (Å²) in [5, 5.41) is 2.36. The number of rotatable bonds is 1. The predicted molar refractivity (Wildman–Crippen MR) is 78.6 cm³/mol. The van der Waals surface area contributed by atoms with Crippen LogP contribution in [-0.4, -0.2) is 23.1 Å². The molecule has 81 valence electrons. The van der Waals surface area contributed by atoms with Crippen LogP contribution in [0.3, 0.4) is 0 Å². The molecule has 2 rings (SSSR count). The van der Waals surface area contributed by atoms with E-state index in [4.69, 9.17) is 4.74 Å². The van der Waals surface area contributed by atoms with E-state index in [0.717, 1.165) is 11.3 Å². The third-order valence-electron chi connectivity index (χ3n) is 2.18. The summed E-state index contributed by atoms with van der Waals surface area (Å²) in [6.07, 6.45) is 0. The van der Waals surface area contributed by atoms with Gasteiger partial charge in [0.05, 0.1) is 7.11 Å². The molecule has 16 heavy (non-hydrogen) atoms. The van der Waals surface area contributed by atoms with Gasteiger partial charge in [0.25, 0.3) is 0 Å². The number of benzene rings is 2. The van der Waals surface area contributed by atoms with Gasteiger partial charge in [-0.1, -0.05) is 24.3 Å². The highest BCUT2D eigenvalue weighted by molar-refractivity contribution is 9.47. The van der Waals surface area contributed by atoms with Crippen LogP contribution >= 0.6 is 25.8 Å². The monoisotopic (exact) mass is 353 g/mol. The summed E-state index contributed by atoms with van der Waals surface area (Å²) in [6.45, 7) is 3.96. The summed E-state index contributed by atoms with van der Waals surface area (Å²) < 4.78 is 5.14. The Kier molecular flexibility index (Phi) is 6.73. The third kappa shape index (κ3) is 3.91. The number of ether oxygens (including phenoxy) is 1. The van der Waals surface area contributed by atoms with E-state index in [-0.39, 0.29) is 16.0 Å². The molecule has 0 N–H and O–H groups in total. The fourth-order valence-corrected chi connectivity index (χ4v) is 1.46. The van der Waals surface area contributed by atoms with Gasteiger partial charge in [-0.05, 0) is 35.4 Å². The summed E-state index contributed by atoms with van der Waals surface area (Å²) in [6, 6.07) is 12.1. The zero-order valence-electron chi connectivity index (χ0n) is 9.04. The van der Waals surface area contributed by atoms with Crippen molar-refractivity contribution in [2.45, 2.75) is 0 Å². The fourth-order valence-electron chi connectivity index (χ4n) is 1.46. The molecular weight excluding hydrogens is 344 g/mol. The zero-order chi connectivity index (χ0) is 12.0. The maximum atomic E-state index is 5.14. The van der Waals surface area contributed by atoms with E-state index in [1.165, 1.54) is 10.8 Å². The van der Waals surface area contributed by atoms with Gasteiger partial charge in [0.2, 0.25) is 0 Å². The van der Waals surface area contributed by atoms with Crippen LogP contribution in [0.15, 0.2) is 36.4 Å². The summed E-state index contributed by atoms with van der Waals surface area (Å²) >= 11 is 6.44. The Morgan fingerprint density at radius 3 is 2.50 bits per heavy atom. The molecule has 0 fully saturated rings. The van der Waals surface area contributed by atoms with Crippen LogP contribution in [0.4, 0.5) is 0 Å². The maximum Gasteiger partial charge on any atom is 0.560 e. The molecule has 0 unspecified atom stereocenters. The summed E-state index contributed by atoms with van der Waals surface area (Å²) in [5.41, 5.74) is 1.06. The van der Waals surface area contributed by atoms with Gasteiger partial charge in [0, 0.05) is 0 Å². The van der Waals surface area contributed by atoms with Crippen LogP contribution in [0, 0.1) is 6.92 Å². The fraction of sp³-hybridized carbons (Fsp3) is 0.0833. The van der Waals surface area contributed by atoms with Crippen molar-refractivity contribution in [3.63, 3.8) is 0 Å². The highest BCUT2D eigenvalue weighted by Crippen LogP contribution is 2.22. The molecule has 2 aromatic rings. The minimum atomic E-state index is 0.0417. The molecule has 0 heterocycles. The maximum absolute atomic E-state index is 5.14. The van der Waals surface area contributed by atoms with Crippen molar-refractivity contribution in [2.24, 2.45) is 0 Å². The van der Waals surface area contributed by atoms with E-state index in [9.17, 15) is 0 Å². The quantitative estimate of drug-likeness (QED) is 0.692. The third-order valence-corrected chi connectivity index (χ3v) is 2.18. The summed E-state index contributed by atoms with van der Waals surface area (Å²) in [4.78, 5) is 0. The van der Waals surface area contributed by atoms with Crippen molar-refractivity contribution in [3.8, 4) is 5.75 Å². The van der Waals surface area contributed by atoms with Gasteiger partial charge < -0.3 is 4.74 Å². The first-order chi connectivity index (χ1) is 7.72. The van der Waals surface area contributed by atoms with Crippen LogP contribution in [0.2, 0.25) is 0 Å². The van der Waals surface area contributed by atoms with Crippen molar-refractivity contribution in [1.29, 1.82) is 0 Å². The van der Waals surface area contributed by atoms with Gasteiger partial charge in [-0.2, -0.15) is 0 Å². The van der Waals surface area contributed by atoms with Crippen molar-refractivity contribution < 1.29 is 4.74 Å². The normalized spacial score (nSPS) is 9.00. The molecule has 0 saturated heterocycles. The average molecular weight is 355 g/mol. The van der Waals surface area contributed by atoms with E-state index in [0.29, 0.717) is 0 Å². The predicted octanol–water partition coefficient (Wildman–Crippen LogP) is 4.34. The molecule has 0 aliphatic rings. The van der Waals surface area contributed by atoms with Gasteiger partial charge in [0.15, 0.2) is 0 Å². The molecule has 1 radical (unpaired) electrons. The first kappa shape index (κ1) is 14.3. The number of methoxy groups -OCH3 is 1. The lowest BCUT2D eigenvalue weighted by atomic mass is 10.1. The topological polar surface area (TPSA) is 9.23 Å². The van der Waals surface area contributed by atoms with Crippen molar-refractivity contribution in [1.82, 2.24) is 0 Å². The van der Waals surface area contributed by atoms with Gasteiger partial charge >= 0.3 is 16.0 Å². The van der Waals surface area contributed by atoms with Crippen LogP contribution in [0.25, 0.3) is 10.8 Å². The molecule has 4 heteroatoms. The Balaban J connectivity index is 0.000000386. The van der Waals surface area contributed by atoms with E-state index in [2.05, 4.69) is 38.8 Å². The summed E-state index contributed by atoms with van der Waals surface area (Å²) in [7, 11) is 1.68. The Morgan fingerprint density at radius 2 is 1.88 bits per heavy atom. The molecule has 0 aliphatic heterocycles. The van der Waals surface area contributed by atoms with Gasteiger partial charge in [-0.15, -0.1) is 0 Å². The average Bonchev–Trinajstić information content (AvgIpc) is 2.30. The smallest absolute Gasteiger partial charge is 0.497 e. The van der Waals surface area contributed by atoms with Crippen molar-refractivity contribution in [3.05, 3.63) is 48.9 Å². The molecule has 0 aliphatic carbocycles. The lowest BCUT2D eigenvalue weighted by Gasteiger charge is -2.03. The molecule has 1 nitrogen and oxygen atoms in total. The number of halogens is 2. The Bertz CT molecular complexity index is 460. The van der Waals surface area contributed by atoms with Crippen molar-refractivity contribution >= 4 is 52.6 Å². The van der Waals surface area contributed by atoms with E-state index < -0.39 is 0 Å². The molecule has 0 amide bonds. The molecule has 0 spiro atoms. The highest BCUT2D eigenvalue weighted by atomic mass is 79.9. The van der Waals surface area contributed by atoms with E-state index in [1.807, 2.05) is 30.3 Å². The zero-order valence-corrected chi connectivity index (χ0v) is 13.6. The molecule has 0 saturated carbocycles. The first-order valence-corrected chi connectivity index (χ1v) is 12.5. The molecule has 0 aromatic heterocycles. The standard InChI is InChI=1S/C12H11O.2BrH.Mg/c1-9-4-3-5-10-8-11(13-2)6-7-12(9)10;;;/h3-8H,1H2,2H3;2*1H;/q;;;+2/p-2. The van der Waals surface area contributed by atoms with Crippen molar-refractivity contribution in [2.75, 3.05) is 7.11 Å². The van der Waals surface area contributed by atoms with Crippen LogP contribution in [0.1, 0.15) is 5.56 Å². The largest absolute Gasteiger partial charge is 0.560 e. The Labute approximate surface area is 118 Å². The Morgan fingerprint density at radius 1 is 1.19 bits per heavy atom. The first-order valence-electron chi connectivity index (χ1n) is 4.73. The number of hydrogen-bond acceptors (Lipinski definition) is 1. The lowest BCUT2D eigenvalue weighted by molar-refractivity contribution is 0.415. The van der Waals surface area contributed by atoms with Crippen LogP contribution in [-0.2, 0) is 0 Å². The number of hydrogen-bond donors (Lipinski definition) is 0. The molecule has 0 atom stereocenters. The number of fused-ring (bicyclic) bond motifs is 1.